The Hall–Kier alpha value is -1.27. The number of benzene rings is 1. The maximum absolute atomic E-state index is 12.7. The largest absolute Gasteiger partial charge is 0.416 e. The van der Waals surface area contributed by atoms with E-state index >= 15 is 0 Å². The molecule has 0 aromatic heterocycles. The highest BCUT2D eigenvalue weighted by atomic mass is 35.5. The van der Waals surface area contributed by atoms with E-state index in [2.05, 4.69) is 5.32 Å². The van der Waals surface area contributed by atoms with Crippen LogP contribution in [-0.4, -0.2) is 19.0 Å². The molecule has 1 aromatic carbocycles. The quantitative estimate of drug-likeness (QED) is 0.839. The molecule has 0 spiro atoms. The van der Waals surface area contributed by atoms with E-state index in [0.717, 1.165) is 18.9 Å². The van der Waals surface area contributed by atoms with E-state index in [9.17, 15) is 18.0 Å². The number of hydrogen-bond acceptors (Lipinski definition) is 2. The van der Waals surface area contributed by atoms with E-state index in [1.165, 1.54) is 12.1 Å². The lowest BCUT2D eigenvalue weighted by molar-refractivity contribution is -0.137. The smallest absolute Gasteiger partial charge is 0.355 e. The van der Waals surface area contributed by atoms with E-state index in [-0.39, 0.29) is 23.7 Å². The van der Waals surface area contributed by atoms with Crippen molar-refractivity contribution in [2.75, 3.05) is 13.1 Å². The number of halogens is 4. The SMILES string of the molecule is Cl.NCCCC(=O)NCC1(c2cccc(C(F)(F)F)c2)CC1. The van der Waals surface area contributed by atoms with Crippen molar-refractivity contribution in [3.8, 4) is 0 Å². The van der Waals surface area contributed by atoms with Gasteiger partial charge in [0.2, 0.25) is 5.91 Å². The van der Waals surface area contributed by atoms with Crippen molar-refractivity contribution in [2.24, 2.45) is 5.73 Å². The molecule has 1 aromatic rings. The molecule has 0 saturated heterocycles. The molecule has 3 N–H and O–H groups in total. The third kappa shape index (κ3) is 4.61. The van der Waals surface area contributed by atoms with Gasteiger partial charge in [0.1, 0.15) is 0 Å². The van der Waals surface area contributed by atoms with Crippen molar-refractivity contribution in [3.05, 3.63) is 35.4 Å². The van der Waals surface area contributed by atoms with Gasteiger partial charge in [-0.15, -0.1) is 12.4 Å². The summed E-state index contributed by atoms with van der Waals surface area (Å²) in [5, 5.41) is 2.80. The fourth-order valence-electron chi connectivity index (χ4n) is 2.36. The predicted molar refractivity (Wildman–Crippen MR) is 80.9 cm³/mol. The van der Waals surface area contributed by atoms with Crippen LogP contribution in [0.4, 0.5) is 13.2 Å². The Labute approximate surface area is 133 Å². The molecule has 0 radical (unpaired) electrons. The van der Waals surface area contributed by atoms with Gasteiger partial charge in [-0.3, -0.25) is 4.79 Å². The predicted octanol–water partition coefficient (Wildman–Crippen LogP) is 3.01. The van der Waals surface area contributed by atoms with Crippen molar-refractivity contribution in [1.82, 2.24) is 5.32 Å². The molecule has 0 bridgehead atoms. The summed E-state index contributed by atoms with van der Waals surface area (Å²) < 4.78 is 38.2. The van der Waals surface area contributed by atoms with Crippen LogP contribution in [-0.2, 0) is 16.4 Å². The van der Waals surface area contributed by atoms with Crippen molar-refractivity contribution in [3.63, 3.8) is 0 Å². The monoisotopic (exact) mass is 336 g/mol. The van der Waals surface area contributed by atoms with E-state index in [4.69, 9.17) is 5.73 Å². The molecular weight excluding hydrogens is 317 g/mol. The Bertz CT molecular complexity index is 516. The number of nitrogens with two attached hydrogens (primary N) is 1. The molecule has 0 aliphatic heterocycles. The van der Waals surface area contributed by atoms with Gasteiger partial charge in [0, 0.05) is 18.4 Å². The maximum atomic E-state index is 12.7. The van der Waals surface area contributed by atoms with Crippen LogP contribution in [0.25, 0.3) is 0 Å². The maximum Gasteiger partial charge on any atom is 0.416 e. The van der Waals surface area contributed by atoms with Gasteiger partial charge in [-0.25, -0.2) is 0 Å². The lowest BCUT2D eigenvalue weighted by Crippen LogP contribution is -2.32. The van der Waals surface area contributed by atoms with Crippen LogP contribution in [0.5, 0.6) is 0 Å². The molecule has 7 heteroatoms. The average molecular weight is 337 g/mol. The Morgan fingerprint density at radius 2 is 2.00 bits per heavy atom. The van der Waals surface area contributed by atoms with Gasteiger partial charge in [-0.2, -0.15) is 13.2 Å². The van der Waals surface area contributed by atoms with Crippen LogP contribution in [0.1, 0.15) is 36.8 Å². The molecule has 0 atom stereocenters. The fraction of sp³-hybridized carbons (Fsp3) is 0.533. The first-order valence-electron chi connectivity index (χ1n) is 7.02. The number of carbonyl (C=O) groups is 1. The van der Waals surface area contributed by atoms with Gasteiger partial charge in [-0.1, -0.05) is 18.2 Å². The summed E-state index contributed by atoms with van der Waals surface area (Å²) in [7, 11) is 0. The van der Waals surface area contributed by atoms with E-state index in [1.807, 2.05) is 0 Å². The highest BCUT2D eigenvalue weighted by Gasteiger charge is 2.45. The summed E-state index contributed by atoms with van der Waals surface area (Å²) in [5.41, 5.74) is 5.01. The highest BCUT2D eigenvalue weighted by molar-refractivity contribution is 5.85. The summed E-state index contributed by atoms with van der Waals surface area (Å²) in [6.45, 7) is 0.837. The third-order valence-electron chi connectivity index (χ3n) is 3.89. The second kappa shape index (κ2) is 7.33. The van der Waals surface area contributed by atoms with Crippen LogP contribution in [0.3, 0.4) is 0 Å². The van der Waals surface area contributed by atoms with Crippen LogP contribution in [0, 0.1) is 0 Å². The van der Waals surface area contributed by atoms with Crippen LogP contribution < -0.4 is 11.1 Å². The van der Waals surface area contributed by atoms with Crippen molar-refractivity contribution >= 4 is 18.3 Å². The van der Waals surface area contributed by atoms with Crippen LogP contribution >= 0.6 is 12.4 Å². The zero-order valence-electron chi connectivity index (χ0n) is 12.1. The van der Waals surface area contributed by atoms with Gasteiger partial charge < -0.3 is 11.1 Å². The fourth-order valence-corrected chi connectivity index (χ4v) is 2.36. The van der Waals surface area contributed by atoms with Crippen molar-refractivity contribution < 1.29 is 18.0 Å². The first kappa shape index (κ1) is 18.8. The van der Waals surface area contributed by atoms with E-state index in [0.29, 0.717) is 31.5 Å². The molecule has 124 valence electrons. The normalized spacial score (nSPS) is 15.8. The number of amides is 1. The zero-order chi connectivity index (χ0) is 15.5. The van der Waals surface area contributed by atoms with Gasteiger partial charge in [0.05, 0.1) is 5.56 Å². The Morgan fingerprint density at radius 1 is 1.32 bits per heavy atom. The van der Waals surface area contributed by atoms with Gasteiger partial charge in [0.25, 0.3) is 0 Å². The number of nitrogens with one attached hydrogen (secondary N) is 1. The number of carbonyl (C=O) groups excluding carboxylic acids is 1. The van der Waals surface area contributed by atoms with E-state index < -0.39 is 11.7 Å². The second-order valence-corrected chi connectivity index (χ2v) is 5.53. The van der Waals surface area contributed by atoms with Gasteiger partial charge in [0.15, 0.2) is 0 Å². The molecule has 1 aliphatic rings. The Balaban J connectivity index is 0.00000242. The molecule has 0 unspecified atom stereocenters. The highest BCUT2D eigenvalue weighted by Crippen LogP contribution is 2.48. The number of rotatable bonds is 6. The molecule has 1 amide bonds. The molecule has 2 rings (SSSR count). The van der Waals surface area contributed by atoms with Gasteiger partial charge >= 0.3 is 6.18 Å². The van der Waals surface area contributed by atoms with Crippen molar-refractivity contribution in [2.45, 2.75) is 37.3 Å². The lowest BCUT2D eigenvalue weighted by Gasteiger charge is -2.18. The minimum absolute atomic E-state index is 0. The molecule has 1 fully saturated rings. The summed E-state index contributed by atoms with van der Waals surface area (Å²) in [5.74, 6) is -0.0984. The van der Waals surface area contributed by atoms with Crippen LogP contribution in [0.2, 0.25) is 0 Å². The summed E-state index contributed by atoms with van der Waals surface area (Å²) in [4.78, 5) is 11.6. The topological polar surface area (TPSA) is 55.1 Å². The summed E-state index contributed by atoms with van der Waals surface area (Å²) in [6.07, 6.45) is -1.77. The first-order valence-corrected chi connectivity index (χ1v) is 7.02. The minimum Gasteiger partial charge on any atom is -0.355 e. The molecule has 3 nitrogen and oxygen atoms in total. The number of hydrogen-bond donors (Lipinski definition) is 2. The molecule has 1 saturated carbocycles. The average Bonchev–Trinajstić information content (AvgIpc) is 3.23. The van der Waals surface area contributed by atoms with Gasteiger partial charge in [-0.05, 0) is 37.4 Å². The summed E-state index contributed by atoms with van der Waals surface area (Å²) >= 11 is 0. The Kier molecular flexibility index (Phi) is 6.26. The standard InChI is InChI=1S/C15H19F3N2O.ClH/c16-15(17,18)12-4-1-3-11(9-12)14(6-7-14)10-20-13(21)5-2-8-19;/h1,3-4,9H,2,5-8,10,19H2,(H,20,21);1H. The summed E-state index contributed by atoms with van der Waals surface area (Å²) in [6, 6.07) is 5.39. The molecular formula is C15H20ClF3N2O. The second-order valence-electron chi connectivity index (χ2n) is 5.53. The first-order chi connectivity index (χ1) is 9.87. The zero-order valence-corrected chi connectivity index (χ0v) is 12.9. The van der Waals surface area contributed by atoms with E-state index in [1.54, 1.807) is 6.07 Å². The third-order valence-corrected chi connectivity index (χ3v) is 3.89. The van der Waals surface area contributed by atoms with Crippen LogP contribution in [0.15, 0.2) is 24.3 Å². The Morgan fingerprint density at radius 3 is 2.55 bits per heavy atom. The molecule has 0 heterocycles. The van der Waals surface area contributed by atoms with Crippen molar-refractivity contribution in [1.29, 1.82) is 0 Å². The lowest BCUT2D eigenvalue weighted by atomic mass is 9.94. The molecule has 22 heavy (non-hydrogen) atoms. The minimum atomic E-state index is -4.34. The molecule has 1 aliphatic carbocycles. The number of alkyl halides is 3.